The normalized spacial score (nSPS) is 21.4. The highest BCUT2D eigenvalue weighted by atomic mass is 35.5. The molecule has 1 aliphatic heterocycles. The Kier molecular flexibility index (Phi) is 4.02. The van der Waals surface area contributed by atoms with Crippen molar-refractivity contribution in [2.45, 2.75) is 37.8 Å². The minimum absolute atomic E-state index is 0.219. The summed E-state index contributed by atoms with van der Waals surface area (Å²) in [5, 5.41) is 6.32. The highest BCUT2D eigenvalue weighted by molar-refractivity contribution is 6.32. The Hall–Kier alpha value is -1.07. The summed E-state index contributed by atoms with van der Waals surface area (Å²) in [6.07, 6.45) is 5.83. The molecule has 0 bridgehead atoms. The maximum Gasteiger partial charge on any atom is 0.242 e. The first kappa shape index (κ1) is 12.4. The number of hydrogen-bond acceptors (Lipinski definition) is 3. The number of carbonyl (C=O) groups excluding carboxylic acids is 1. The standard InChI is InChI=1S/C11H16ClN3O2/c1-8(12)11(16)14-9-5-13-15(6-9)7-10-3-2-4-17-10/h5-6,8,10H,2-4,7H2,1H3,(H,14,16). The van der Waals surface area contributed by atoms with Crippen LogP contribution in [-0.2, 0) is 16.1 Å². The van der Waals surface area contributed by atoms with E-state index in [2.05, 4.69) is 10.4 Å². The minimum Gasteiger partial charge on any atom is -0.376 e. The number of hydrogen-bond donors (Lipinski definition) is 1. The molecule has 0 spiro atoms. The number of rotatable bonds is 4. The predicted octanol–water partition coefficient (Wildman–Crippen LogP) is 1.63. The molecule has 0 radical (unpaired) electrons. The number of amides is 1. The van der Waals surface area contributed by atoms with E-state index in [1.165, 1.54) is 0 Å². The van der Waals surface area contributed by atoms with Gasteiger partial charge in [-0.1, -0.05) is 0 Å². The van der Waals surface area contributed by atoms with Crippen molar-refractivity contribution in [1.29, 1.82) is 0 Å². The van der Waals surface area contributed by atoms with Crippen LogP contribution in [0.3, 0.4) is 0 Å². The van der Waals surface area contributed by atoms with Crippen molar-refractivity contribution in [3.8, 4) is 0 Å². The molecule has 2 unspecified atom stereocenters. The van der Waals surface area contributed by atoms with Crippen LogP contribution >= 0.6 is 11.6 Å². The molecular weight excluding hydrogens is 242 g/mol. The summed E-state index contributed by atoms with van der Waals surface area (Å²) in [7, 11) is 0. The van der Waals surface area contributed by atoms with Crippen LogP contribution in [0.2, 0.25) is 0 Å². The van der Waals surface area contributed by atoms with E-state index in [0.717, 1.165) is 26.0 Å². The third-order valence-electron chi connectivity index (χ3n) is 2.68. The number of alkyl halides is 1. The molecule has 0 aromatic carbocycles. The molecule has 0 aliphatic carbocycles. The fourth-order valence-electron chi connectivity index (χ4n) is 1.77. The van der Waals surface area contributed by atoms with E-state index in [1.54, 1.807) is 24.0 Å². The largest absolute Gasteiger partial charge is 0.376 e. The maximum absolute atomic E-state index is 11.4. The average Bonchev–Trinajstić information content (AvgIpc) is 2.91. The Balaban J connectivity index is 1.89. The van der Waals surface area contributed by atoms with E-state index in [4.69, 9.17) is 16.3 Å². The van der Waals surface area contributed by atoms with Crippen molar-refractivity contribution in [2.24, 2.45) is 0 Å². The molecule has 1 amide bonds. The van der Waals surface area contributed by atoms with Crippen LogP contribution in [0, 0.1) is 0 Å². The second-order valence-electron chi connectivity index (χ2n) is 4.19. The van der Waals surface area contributed by atoms with Crippen molar-refractivity contribution >= 4 is 23.2 Å². The number of ether oxygens (including phenoxy) is 1. The first-order valence-electron chi connectivity index (χ1n) is 5.74. The topological polar surface area (TPSA) is 56.2 Å². The quantitative estimate of drug-likeness (QED) is 0.834. The van der Waals surface area contributed by atoms with Gasteiger partial charge in [0.05, 0.1) is 24.5 Å². The van der Waals surface area contributed by atoms with Gasteiger partial charge in [0, 0.05) is 12.8 Å². The summed E-state index contributed by atoms with van der Waals surface area (Å²) in [4.78, 5) is 11.4. The number of carbonyl (C=O) groups is 1. The molecule has 1 aromatic rings. The summed E-state index contributed by atoms with van der Waals surface area (Å²) in [6, 6.07) is 0. The van der Waals surface area contributed by atoms with Gasteiger partial charge < -0.3 is 10.1 Å². The molecule has 1 aromatic heterocycles. The highest BCUT2D eigenvalue weighted by Gasteiger charge is 2.17. The molecule has 6 heteroatoms. The van der Waals surface area contributed by atoms with Crippen LogP contribution in [0.1, 0.15) is 19.8 Å². The summed E-state index contributed by atoms with van der Waals surface area (Å²) in [5.74, 6) is -0.219. The van der Waals surface area contributed by atoms with E-state index < -0.39 is 5.38 Å². The third kappa shape index (κ3) is 3.44. The number of nitrogens with one attached hydrogen (secondary N) is 1. The van der Waals surface area contributed by atoms with Crippen molar-refractivity contribution in [1.82, 2.24) is 9.78 Å². The van der Waals surface area contributed by atoms with E-state index in [9.17, 15) is 4.79 Å². The number of halogens is 1. The molecule has 94 valence electrons. The second kappa shape index (κ2) is 5.51. The molecule has 1 fully saturated rings. The fourth-order valence-corrected chi connectivity index (χ4v) is 1.82. The summed E-state index contributed by atoms with van der Waals surface area (Å²) in [5.41, 5.74) is 0.667. The summed E-state index contributed by atoms with van der Waals surface area (Å²) < 4.78 is 7.30. The van der Waals surface area contributed by atoms with Crippen LogP contribution in [0.25, 0.3) is 0 Å². The van der Waals surface area contributed by atoms with Gasteiger partial charge in [-0.2, -0.15) is 5.10 Å². The third-order valence-corrected chi connectivity index (χ3v) is 2.87. The predicted molar refractivity (Wildman–Crippen MR) is 65.1 cm³/mol. The zero-order valence-electron chi connectivity index (χ0n) is 9.73. The fraction of sp³-hybridized carbons (Fsp3) is 0.636. The van der Waals surface area contributed by atoms with Gasteiger partial charge in [0.2, 0.25) is 5.91 Å². The molecular formula is C11H16ClN3O2. The Bertz CT molecular complexity index is 386. The lowest BCUT2D eigenvalue weighted by Gasteiger charge is -2.08. The summed E-state index contributed by atoms with van der Waals surface area (Å²) >= 11 is 5.66. The summed E-state index contributed by atoms with van der Waals surface area (Å²) in [6.45, 7) is 3.19. The second-order valence-corrected chi connectivity index (χ2v) is 4.85. The molecule has 2 rings (SSSR count). The molecule has 2 heterocycles. The first-order chi connectivity index (χ1) is 8.15. The number of anilines is 1. The average molecular weight is 258 g/mol. The van der Waals surface area contributed by atoms with Gasteiger partial charge in [-0.3, -0.25) is 9.48 Å². The Morgan fingerprint density at radius 1 is 1.82 bits per heavy atom. The highest BCUT2D eigenvalue weighted by Crippen LogP contribution is 2.15. The first-order valence-corrected chi connectivity index (χ1v) is 6.18. The number of aromatic nitrogens is 2. The van der Waals surface area contributed by atoms with Crippen LogP contribution in [-0.4, -0.2) is 33.8 Å². The van der Waals surface area contributed by atoms with Gasteiger partial charge in [0.1, 0.15) is 5.38 Å². The minimum atomic E-state index is -0.545. The lowest BCUT2D eigenvalue weighted by Crippen LogP contribution is -2.20. The molecule has 17 heavy (non-hydrogen) atoms. The van der Waals surface area contributed by atoms with E-state index >= 15 is 0 Å². The van der Waals surface area contributed by atoms with Gasteiger partial charge in [-0.25, -0.2) is 0 Å². The van der Waals surface area contributed by atoms with Gasteiger partial charge >= 0.3 is 0 Å². The van der Waals surface area contributed by atoms with Crippen LogP contribution in [0.5, 0.6) is 0 Å². The lowest BCUT2D eigenvalue weighted by molar-refractivity contribution is -0.115. The monoisotopic (exact) mass is 257 g/mol. The molecule has 0 saturated carbocycles. The van der Waals surface area contributed by atoms with Gasteiger partial charge in [-0.05, 0) is 19.8 Å². The van der Waals surface area contributed by atoms with E-state index in [1.807, 2.05) is 0 Å². The number of nitrogens with zero attached hydrogens (tertiary/aromatic N) is 2. The van der Waals surface area contributed by atoms with Crippen molar-refractivity contribution in [2.75, 3.05) is 11.9 Å². The van der Waals surface area contributed by atoms with E-state index in [-0.39, 0.29) is 12.0 Å². The zero-order chi connectivity index (χ0) is 12.3. The van der Waals surface area contributed by atoms with Crippen molar-refractivity contribution in [3.05, 3.63) is 12.4 Å². The Labute approximate surface area is 105 Å². The molecule has 1 aliphatic rings. The van der Waals surface area contributed by atoms with Gasteiger partial charge in [-0.15, -0.1) is 11.6 Å². The van der Waals surface area contributed by atoms with Crippen molar-refractivity contribution < 1.29 is 9.53 Å². The van der Waals surface area contributed by atoms with Crippen LogP contribution in [0.4, 0.5) is 5.69 Å². The zero-order valence-corrected chi connectivity index (χ0v) is 10.5. The van der Waals surface area contributed by atoms with Crippen molar-refractivity contribution in [3.63, 3.8) is 0 Å². The molecule has 5 nitrogen and oxygen atoms in total. The molecule has 1 saturated heterocycles. The molecule has 2 atom stereocenters. The van der Waals surface area contributed by atoms with Gasteiger partial charge in [0.25, 0.3) is 0 Å². The SMILES string of the molecule is CC(Cl)C(=O)Nc1cnn(CC2CCCO2)c1. The van der Waals surface area contributed by atoms with Gasteiger partial charge in [0.15, 0.2) is 0 Å². The maximum atomic E-state index is 11.4. The van der Waals surface area contributed by atoms with Crippen LogP contribution in [0.15, 0.2) is 12.4 Å². The smallest absolute Gasteiger partial charge is 0.242 e. The molecule has 1 N–H and O–H groups in total. The Morgan fingerprint density at radius 3 is 3.29 bits per heavy atom. The lowest BCUT2D eigenvalue weighted by atomic mass is 10.2. The van der Waals surface area contributed by atoms with E-state index in [0.29, 0.717) is 5.69 Å². The Morgan fingerprint density at radius 2 is 2.65 bits per heavy atom. The van der Waals surface area contributed by atoms with Crippen LogP contribution < -0.4 is 5.32 Å².